The Morgan fingerprint density at radius 3 is 2.66 bits per heavy atom. The molecule has 5 rings (SSSR count). The number of carbonyl (C=O) groups excluding carboxylic acids is 1. The summed E-state index contributed by atoms with van der Waals surface area (Å²) in [4.78, 5) is 19.3. The number of ether oxygens (including phenoxy) is 1. The highest BCUT2D eigenvalue weighted by atomic mass is 32.2. The molecule has 1 unspecified atom stereocenters. The zero-order chi connectivity index (χ0) is 24.4. The van der Waals surface area contributed by atoms with Crippen LogP contribution in [-0.4, -0.2) is 66.7 Å². The predicted octanol–water partition coefficient (Wildman–Crippen LogP) is 1.91. The number of nitrogens with zero attached hydrogens (tertiary/aromatic N) is 4. The Hall–Kier alpha value is -3.54. The molecule has 1 saturated heterocycles. The van der Waals surface area contributed by atoms with Gasteiger partial charge in [-0.25, -0.2) is 8.42 Å². The lowest BCUT2D eigenvalue weighted by Crippen LogP contribution is -2.40. The number of carbonyl (C=O) groups is 1. The first-order valence-electron chi connectivity index (χ1n) is 11.3. The number of amides is 1. The van der Waals surface area contributed by atoms with Gasteiger partial charge in [-0.05, 0) is 52.7 Å². The summed E-state index contributed by atoms with van der Waals surface area (Å²) >= 11 is 0. The molecular formula is C24H25N5O5S. The molecule has 1 N–H and O–H groups in total. The lowest BCUT2D eigenvalue weighted by atomic mass is 10.0. The summed E-state index contributed by atoms with van der Waals surface area (Å²) in [6.07, 6.45) is 0. The number of aromatic nitrogens is 3. The van der Waals surface area contributed by atoms with Crippen LogP contribution in [0.1, 0.15) is 18.5 Å². The van der Waals surface area contributed by atoms with Crippen molar-refractivity contribution in [2.45, 2.75) is 17.9 Å². The van der Waals surface area contributed by atoms with Gasteiger partial charge in [-0.15, -0.1) is 5.10 Å². The highest BCUT2D eigenvalue weighted by molar-refractivity contribution is 7.89. The minimum absolute atomic E-state index is 0.105. The van der Waals surface area contributed by atoms with Gasteiger partial charge in [0.1, 0.15) is 11.0 Å². The molecule has 1 amide bonds. The second-order valence-corrected chi connectivity index (χ2v) is 10.2. The molecule has 1 aliphatic rings. The summed E-state index contributed by atoms with van der Waals surface area (Å²) in [5.74, 6) is -0.341. The Balaban J connectivity index is 1.27. The lowest BCUT2D eigenvalue weighted by molar-refractivity contribution is -0.127. The fraction of sp³-hybridized carbons (Fsp3) is 0.292. The van der Waals surface area contributed by atoms with Gasteiger partial charge >= 0.3 is 0 Å². The van der Waals surface area contributed by atoms with Crippen molar-refractivity contribution in [3.8, 4) is 0 Å². The normalized spacial score (nSPS) is 15.8. The molecule has 1 fully saturated rings. The van der Waals surface area contributed by atoms with Gasteiger partial charge in [0.2, 0.25) is 10.0 Å². The molecular weight excluding hydrogens is 470 g/mol. The molecule has 10 nitrogen and oxygen atoms in total. The molecule has 182 valence electrons. The molecule has 1 atom stereocenters. The van der Waals surface area contributed by atoms with Crippen molar-refractivity contribution in [1.82, 2.24) is 24.8 Å². The summed E-state index contributed by atoms with van der Waals surface area (Å²) in [6.45, 7) is 2.90. The van der Waals surface area contributed by atoms with E-state index < -0.39 is 10.0 Å². The number of hydrogen-bond donors (Lipinski definition) is 1. The van der Waals surface area contributed by atoms with E-state index in [2.05, 4.69) is 15.6 Å². The number of morpholine rings is 1. The van der Waals surface area contributed by atoms with Gasteiger partial charge in [-0.2, -0.15) is 4.31 Å². The average molecular weight is 496 g/mol. The fourth-order valence-electron chi connectivity index (χ4n) is 4.03. The maximum atomic E-state index is 13.0. The second-order valence-electron chi connectivity index (χ2n) is 8.30. The van der Waals surface area contributed by atoms with E-state index in [0.717, 1.165) is 21.2 Å². The zero-order valence-electron chi connectivity index (χ0n) is 19.1. The van der Waals surface area contributed by atoms with E-state index in [-0.39, 0.29) is 23.5 Å². The molecule has 1 aliphatic heterocycles. The Morgan fingerprint density at radius 2 is 1.86 bits per heavy atom. The monoisotopic (exact) mass is 495 g/mol. The summed E-state index contributed by atoms with van der Waals surface area (Å²) in [5, 5.41) is 13.0. The predicted molar refractivity (Wildman–Crippen MR) is 129 cm³/mol. The topological polar surface area (TPSA) is 116 Å². The summed E-state index contributed by atoms with van der Waals surface area (Å²) in [6, 6.07) is 18.4. The maximum Gasteiger partial charge on any atom is 0.261 e. The Kier molecular flexibility index (Phi) is 6.37. The Labute approximate surface area is 202 Å². The lowest BCUT2D eigenvalue weighted by Gasteiger charge is -2.26. The molecule has 0 aliphatic carbocycles. The minimum atomic E-state index is -3.69. The molecule has 0 bridgehead atoms. The summed E-state index contributed by atoms with van der Waals surface area (Å²) in [7, 11) is -3.69. The highest BCUT2D eigenvalue weighted by Gasteiger charge is 2.27. The van der Waals surface area contributed by atoms with E-state index in [1.807, 2.05) is 49.4 Å². The first-order valence-corrected chi connectivity index (χ1v) is 12.7. The maximum absolute atomic E-state index is 13.0. The number of sulfonamides is 1. The van der Waals surface area contributed by atoms with Gasteiger partial charge in [0.05, 0.1) is 24.2 Å². The first-order chi connectivity index (χ1) is 16.9. The van der Waals surface area contributed by atoms with Gasteiger partial charge in [0.15, 0.2) is 6.61 Å². The van der Waals surface area contributed by atoms with Crippen molar-refractivity contribution in [3.63, 3.8) is 0 Å². The number of fused-ring (bicyclic) bond motifs is 2. The number of hydrogen-bond acceptors (Lipinski definition) is 7. The van der Waals surface area contributed by atoms with Crippen LogP contribution >= 0.6 is 0 Å². The second kappa shape index (κ2) is 9.61. The van der Waals surface area contributed by atoms with Crippen molar-refractivity contribution in [1.29, 1.82) is 0 Å². The van der Waals surface area contributed by atoms with E-state index in [0.29, 0.717) is 37.3 Å². The van der Waals surface area contributed by atoms with Gasteiger partial charge in [-0.3, -0.25) is 4.79 Å². The molecule has 0 saturated carbocycles. The summed E-state index contributed by atoms with van der Waals surface area (Å²) < 4.78 is 32.6. The fourth-order valence-corrected chi connectivity index (χ4v) is 5.46. The third-order valence-electron chi connectivity index (χ3n) is 5.96. The van der Waals surface area contributed by atoms with E-state index in [9.17, 15) is 13.2 Å². The van der Waals surface area contributed by atoms with Gasteiger partial charge in [-0.1, -0.05) is 41.2 Å². The SMILES string of the molecule is CC(NC(=O)COn1nnc2ccc(S(=O)(=O)N3CCOCC3)cc21)c1ccc2ccccc2c1. The van der Waals surface area contributed by atoms with Crippen LogP contribution in [0.5, 0.6) is 0 Å². The summed E-state index contributed by atoms with van der Waals surface area (Å²) in [5.41, 5.74) is 1.78. The van der Waals surface area contributed by atoms with Crippen molar-refractivity contribution in [3.05, 3.63) is 66.2 Å². The van der Waals surface area contributed by atoms with E-state index >= 15 is 0 Å². The van der Waals surface area contributed by atoms with Crippen molar-refractivity contribution in [2.24, 2.45) is 0 Å². The zero-order valence-corrected chi connectivity index (χ0v) is 19.9. The van der Waals surface area contributed by atoms with Crippen LogP contribution in [0.15, 0.2) is 65.6 Å². The Morgan fingerprint density at radius 1 is 1.09 bits per heavy atom. The molecule has 2 heterocycles. The minimum Gasteiger partial charge on any atom is -0.385 e. The van der Waals surface area contributed by atoms with Crippen molar-refractivity contribution < 1.29 is 22.8 Å². The highest BCUT2D eigenvalue weighted by Crippen LogP contribution is 2.22. The van der Waals surface area contributed by atoms with E-state index in [1.54, 1.807) is 6.07 Å². The molecule has 35 heavy (non-hydrogen) atoms. The van der Waals surface area contributed by atoms with Crippen LogP contribution in [0.2, 0.25) is 0 Å². The largest absolute Gasteiger partial charge is 0.385 e. The molecule has 3 aromatic carbocycles. The molecule has 11 heteroatoms. The third kappa shape index (κ3) is 4.83. The van der Waals surface area contributed by atoms with Crippen molar-refractivity contribution >= 4 is 37.7 Å². The van der Waals surface area contributed by atoms with E-state index in [1.165, 1.54) is 16.4 Å². The number of benzene rings is 3. The third-order valence-corrected chi connectivity index (χ3v) is 7.86. The van der Waals surface area contributed by atoms with Crippen LogP contribution in [-0.2, 0) is 19.6 Å². The first kappa shape index (κ1) is 23.2. The van der Waals surface area contributed by atoms with Gasteiger partial charge in [0.25, 0.3) is 5.91 Å². The molecule has 0 spiro atoms. The van der Waals surface area contributed by atoms with Crippen molar-refractivity contribution in [2.75, 3.05) is 32.9 Å². The van der Waals surface area contributed by atoms with Crippen LogP contribution < -0.4 is 10.2 Å². The van der Waals surface area contributed by atoms with Crippen LogP contribution in [0, 0.1) is 0 Å². The standard InChI is InChI=1S/C24H25N5O5S/c1-17(19-7-6-18-4-2-3-5-20(18)14-19)25-24(30)16-34-29-23-15-21(8-9-22(23)26-27-29)35(31,32)28-10-12-33-13-11-28/h2-9,14-15,17H,10-13,16H2,1H3,(H,25,30). The quantitative estimate of drug-likeness (QED) is 0.416. The van der Waals surface area contributed by atoms with Crippen LogP contribution in [0.25, 0.3) is 21.8 Å². The molecule has 0 radical (unpaired) electrons. The number of rotatable bonds is 7. The van der Waals surface area contributed by atoms with Crippen LogP contribution in [0.3, 0.4) is 0 Å². The van der Waals surface area contributed by atoms with Gasteiger partial charge < -0.3 is 14.9 Å². The molecule has 4 aromatic rings. The van der Waals surface area contributed by atoms with E-state index in [4.69, 9.17) is 9.57 Å². The average Bonchev–Trinajstić information content (AvgIpc) is 3.30. The van der Waals surface area contributed by atoms with Gasteiger partial charge in [0, 0.05) is 13.1 Å². The smallest absolute Gasteiger partial charge is 0.261 e. The number of nitrogens with one attached hydrogen (secondary N) is 1. The Bertz CT molecular complexity index is 1480. The molecule has 1 aromatic heterocycles. The van der Waals surface area contributed by atoms with Crippen LogP contribution in [0.4, 0.5) is 0 Å².